The summed E-state index contributed by atoms with van der Waals surface area (Å²) in [5.74, 6) is -0.987. The molecule has 1 aromatic heterocycles. The van der Waals surface area contributed by atoms with Crippen molar-refractivity contribution in [2.24, 2.45) is 5.73 Å². The molecule has 0 unspecified atom stereocenters. The van der Waals surface area contributed by atoms with Gasteiger partial charge in [0.1, 0.15) is 16.5 Å². The van der Waals surface area contributed by atoms with Gasteiger partial charge in [-0.3, -0.25) is 9.78 Å². The molecule has 0 radical (unpaired) electrons. The highest BCUT2D eigenvalue weighted by Crippen LogP contribution is 2.15. The van der Waals surface area contributed by atoms with E-state index in [1.165, 1.54) is 36.8 Å². The van der Waals surface area contributed by atoms with Crippen LogP contribution in [0, 0.1) is 5.82 Å². The first-order valence-electron chi connectivity index (χ1n) is 5.24. The van der Waals surface area contributed by atoms with Crippen LogP contribution in [0.2, 0.25) is 0 Å². The molecule has 0 atom stereocenters. The zero-order chi connectivity index (χ0) is 13.8. The minimum Gasteiger partial charge on any atom is -0.389 e. The van der Waals surface area contributed by atoms with Gasteiger partial charge in [-0.2, -0.15) is 0 Å². The van der Waals surface area contributed by atoms with Crippen LogP contribution < -0.4 is 11.1 Å². The molecule has 0 aliphatic carbocycles. The average Bonchev–Trinajstić information content (AvgIpc) is 2.41. The summed E-state index contributed by atoms with van der Waals surface area (Å²) < 4.78 is 13.4. The predicted molar refractivity (Wildman–Crippen MR) is 72.3 cm³/mol. The van der Waals surface area contributed by atoms with E-state index in [1.807, 2.05) is 0 Å². The van der Waals surface area contributed by atoms with E-state index in [9.17, 15) is 9.18 Å². The summed E-state index contributed by atoms with van der Waals surface area (Å²) in [5.41, 5.74) is 5.99. The third kappa shape index (κ3) is 3.08. The fraction of sp³-hybridized carbons (Fsp3) is 0. The van der Waals surface area contributed by atoms with Crippen molar-refractivity contribution < 1.29 is 9.18 Å². The molecule has 2 aromatic rings. The Morgan fingerprint density at radius 3 is 2.79 bits per heavy atom. The lowest BCUT2D eigenvalue weighted by Crippen LogP contribution is -2.16. The van der Waals surface area contributed by atoms with Crippen LogP contribution in [0.3, 0.4) is 0 Å². The largest absolute Gasteiger partial charge is 0.389 e. The Labute approximate surface area is 113 Å². The smallest absolute Gasteiger partial charge is 0.275 e. The minimum absolute atomic E-state index is 0.0758. The SMILES string of the molecule is NC(=S)c1cc(NC(=O)c2cnccn2)ccc1F. The molecule has 0 bridgehead atoms. The van der Waals surface area contributed by atoms with E-state index in [1.54, 1.807) is 0 Å². The first-order chi connectivity index (χ1) is 9.08. The summed E-state index contributed by atoms with van der Waals surface area (Å²) in [6, 6.07) is 3.96. The number of rotatable bonds is 3. The van der Waals surface area contributed by atoms with Crippen molar-refractivity contribution in [3.05, 3.63) is 53.9 Å². The van der Waals surface area contributed by atoms with Crippen molar-refractivity contribution in [2.45, 2.75) is 0 Å². The Morgan fingerprint density at radius 2 is 2.16 bits per heavy atom. The van der Waals surface area contributed by atoms with Gasteiger partial charge in [0.05, 0.1) is 6.20 Å². The van der Waals surface area contributed by atoms with Crippen LogP contribution in [0.5, 0.6) is 0 Å². The lowest BCUT2D eigenvalue weighted by molar-refractivity contribution is 0.102. The average molecular weight is 276 g/mol. The van der Waals surface area contributed by atoms with Crippen molar-refractivity contribution >= 4 is 28.8 Å². The maximum absolute atomic E-state index is 13.4. The minimum atomic E-state index is -0.537. The summed E-state index contributed by atoms with van der Waals surface area (Å²) in [5, 5.41) is 2.56. The van der Waals surface area contributed by atoms with Gasteiger partial charge in [0.2, 0.25) is 0 Å². The van der Waals surface area contributed by atoms with Crippen molar-refractivity contribution in [2.75, 3.05) is 5.32 Å². The molecule has 1 aromatic carbocycles. The maximum Gasteiger partial charge on any atom is 0.275 e. The molecule has 0 aliphatic heterocycles. The highest BCUT2D eigenvalue weighted by Gasteiger charge is 2.10. The number of hydrogen-bond donors (Lipinski definition) is 2. The van der Waals surface area contributed by atoms with Crippen LogP contribution in [0.25, 0.3) is 0 Å². The standard InChI is InChI=1S/C12H9FN4OS/c13-9-2-1-7(5-8(9)11(14)19)17-12(18)10-6-15-3-4-16-10/h1-6H,(H2,14,19)(H,17,18). The number of hydrogen-bond acceptors (Lipinski definition) is 4. The quantitative estimate of drug-likeness (QED) is 0.830. The van der Waals surface area contributed by atoms with Crippen molar-refractivity contribution in [1.29, 1.82) is 0 Å². The normalized spacial score (nSPS) is 9.95. The van der Waals surface area contributed by atoms with Gasteiger partial charge in [-0.15, -0.1) is 0 Å². The van der Waals surface area contributed by atoms with E-state index in [-0.39, 0.29) is 16.2 Å². The number of nitrogens with two attached hydrogens (primary N) is 1. The van der Waals surface area contributed by atoms with Gasteiger partial charge in [0.25, 0.3) is 5.91 Å². The third-order valence-corrected chi connectivity index (χ3v) is 2.51. The zero-order valence-electron chi connectivity index (χ0n) is 9.63. The maximum atomic E-state index is 13.4. The first-order valence-corrected chi connectivity index (χ1v) is 5.65. The lowest BCUT2D eigenvalue weighted by atomic mass is 10.2. The number of carbonyl (C=O) groups is 1. The van der Waals surface area contributed by atoms with Crippen molar-refractivity contribution in [3.8, 4) is 0 Å². The van der Waals surface area contributed by atoms with Crippen LogP contribution in [0.4, 0.5) is 10.1 Å². The number of carbonyl (C=O) groups excluding carboxylic acids is 1. The van der Waals surface area contributed by atoms with Crippen LogP contribution in [-0.2, 0) is 0 Å². The van der Waals surface area contributed by atoms with Gasteiger partial charge < -0.3 is 11.1 Å². The van der Waals surface area contributed by atoms with Gasteiger partial charge in [-0.1, -0.05) is 12.2 Å². The molecule has 0 spiro atoms. The molecule has 19 heavy (non-hydrogen) atoms. The van der Waals surface area contributed by atoms with Gasteiger partial charge in [-0.05, 0) is 18.2 Å². The van der Waals surface area contributed by atoms with Crippen LogP contribution in [-0.4, -0.2) is 20.9 Å². The van der Waals surface area contributed by atoms with E-state index in [4.69, 9.17) is 18.0 Å². The second-order valence-electron chi connectivity index (χ2n) is 3.60. The number of halogens is 1. The van der Waals surface area contributed by atoms with Crippen LogP contribution in [0.1, 0.15) is 16.1 Å². The first kappa shape index (κ1) is 13.0. The molecular formula is C12H9FN4OS. The lowest BCUT2D eigenvalue weighted by Gasteiger charge is -2.07. The molecule has 2 rings (SSSR count). The van der Waals surface area contributed by atoms with Gasteiger partial charge in [-0.25, -0.2) is 9.37 Å². The number of nitrogens with zero attached hydrogens (tertiary/aromatic N) is 2. The summed E-state index contributed by atoms with van der Waals surface area (Å²) in [6.45, 7) is 0. The summed E-state index contributed by atoms with van der Waals surface area (Å²) in [6.07, 6.45) is 4.19. The van der Waals surface area contributed by atoms with Crippen molar-refractivity contribution in [3.63, 3.8) is 0 Å². The van der Waals surface area contributed by atoms with E-state index in [2.05, 4.69) is 15.3 Å². The molecule has 96 valence electrons. The number of amides is 1. The number of nitrogens with one attached hydrogen (secondary N) is 1. The topological polar surface area (TPSA) is 80.9 Å². The van der Waals surface area contributed by atoms with Gasteiger partial charge in [0.15, 0.2) is 0 Å². The van der Waals surface area contributed by atoms with Crippen LogP contribution >= 0.6 is 12.2 Å². The number of aromatic nitrogens is 2. The Hall–Kier alpha value is -2.41. The van der Waals surface area contributed by atoms with Gasteiger partial charge in [0, 0.05) is 23.6 Å². The zero-order valence-corrected chi connectivity index (χ0v) is 10.4. The molecular weight excluding hydrogens is 267 g/mol. The predicted octanol–water partition coefficient (Wildman–Crippen LogP) is 1.50. The van der Waals surface area contributed by atoms with E-state index in [0.29, 0.717) is 5.69 Å². The molecule has 1 heterocycles. The molecule has 0 saturated carbocycles. The fourth-order valence-corrected chi connectivity index (χ4v) is 1.56. The van der Waals surface area contributed by atoms with Crippen LogP contribution in [0.15, 0.2) is 36.8 Å². The second-order valence-corrected chi connectivity index (χ2v) is 4.04. The van der Waals surface area contributed by atoms with E-state index < -0.39 is 11.7 Å². The van der Waals surface area contributed by atoms with E-state index in [0.717, 1.165) is 0 Å². The molecule has 0 fully saturated rings. The molecule has 0 saturated heterocycles. The molecule has 5 nitrogen and oxygen atoms in total. The molecule has 7 heteroatoms. The summed E-state index contributed by atoms with van der Waals surface area (Å²) >= 11 is 4.72. The fourth-order valence-electron chi connectivity index (χ4n) is 1.40. The highest BCUT2D eigenvalue weighted by atomic mass is 32.1. The molecule has 1 amide bonds. The second kappa shape index (κ2) is 5.49. The Kier molecular flexibility index (Phi) is 3.76. The van der Waals surface area contributed by atoms with E-state index >= 15 is 0 Å². The highest BCUT2D eigenvalue weighted by molar-refractivity contribution is 7.80. The Balaban J connectivity index is 2.23. The van der Waals surface area contributed by atoms with Crippen molar-refractivity contribution in [1.82, 2.24) is 9.97 Å². The number of anilines is 1. The monoisotopic (exact) mass is 276 g/mol. The third-order valence-electron chi connectivity index (χ3n) is 2.29. The Morgan fingerprint density at radius 1 is 1.37 bits per heavy atom. The van der Waals surface area contributed by atoms with Gasteiger partial charge >= 0.3 is 0 Å². The number of thiocarbonyl (C=S) groups is 1. The summed E-state index contributed by atoms with van der Waals surface area (Å²) in [4.78, 5) is 19.4. The number of benzene rings is 1. The molecule has 0 aliphatic rings. The molecule has 3 N–H and O–H groups in total. The summed E-state index contributed by atoms with van der Waals surface area (Å²) in [7, 11) is 0. The Bertz CT molecular complexity index is 633.